The third kappa shape index (κ3) is 2.88. The molecule has 0 saturated carbocycles. The Morgan fingerprint density at radius 3 is 2.92 bits per heavy atom. The highest BCUT2D eigenvalue weighted by Crippen LogP contribution is 2.26. The number of nitrogens with zero attached hydrogens (tertiary/aromatic N) is 5. The number of aromatic nitrogens is 3. The number of methoxy groups -OCH3 is 1. The van der Waals surface area contributed by atoms with E-state index >= 15 is 0 Å². The van der Waals surface area contributed by atoms with E-state index in [9.17, 15) is 4.79 Å². The third-order valence-electron chi connectivity index (χ3n) is 5.25. The van der Waals surface area contributed by atoms with Crippen LogP contribution in [0.4, 0.5) is 0 Å². The predicted molar refractivity (Wildman–Crippen MR) is 97.6 cm³/mol. The van der Waals surface area contributed by atoms with Gasteiger partial charge < -0.3 is 14.2 Å². The Balaban J connectivity index is 1.48. The van der Waals surface area contributed by atoms with E-state index in [-0.39, 0.29) is 11.9 Å². The smallest absolute Gasteiger partial charge is 0.242 e. The molecular weight excluding hydrogens is 330 g/mol. The van der Waals surface area contributed by atoms with Crippen molar-refractivity contribution in [1.82, 2.24) is 24.6 Å². The molecule has 0 aliphatic carbocycles. The van der Waals surface area contributed by atoms with Gasteiger partial charge in [-0.2, -0.15) is 0 Å². The first-order valence-electron chi connectivity index (χ1n) is 8.78. The Hall–Kier alpha value is -2.67. The topological polar surface area (TPSA) is 63.5 Å². The molecule has 1 amide bonds. The summed E-state index contributed by atoms with van der Waals surface area (Å²) in [6, 6.07) is 7.79. The van der Waals surface area contributed by atoms with Crippen LogP contribution < -0.4 is 4.74 Å². The number of amides is 1. The number of likely N-dealkylation sites (N-methyl/N-ethyl adjacent to an activating group) is 1. The van der Waals surface area contributed by atoms with E-state index in [1.54, 1.807) is 7.11 Å². The van der Waals surface area contributed by atoms with Crippen LogP contribution in [0, 0.1) is 6.92 Å². The lowest BCUT2D eigenvalue weighted by molar-refractivity contribution is -0.136. The lowest BCUT2D eigenvalue weighted by Crippen LogP contribution is -2.51. The summed E-state index contributed by atoms with van der Waals surface area (Å²) in [7, 11) is 3.64. The van der Waals surface area contributed by atoms with E-state index in [4.69, 9.17) is 4.74 Å². The number of carbonyl (C=O) groups excluding carboxylic acids is 1. The first-order chi connectivity index (χ1) is 12.6. The van der Waals surface area contributed by atoms with Gasteiger partial charge in [-0.3, -0.25) is 9.69 Å². The SMILES string of the molecule is COc1cccc(C2=CCN(C(=O)C3Cn4c(C)nnc4CN3C)C2)c1. The standard InChI is InChI=1S/C19H23N5O2/c1-13-20-21-18-12-22(2)17(11-24(13)18)19(25)23-8-7-15(10-23)14-5-4-6-16(9-14)26-3/h4-7,9,17H,8,10-12H2,1-3H3. The minimum absolute atomic E-state index is 0.153. The summed E-state index contributed by atoms with van der Waals surface area (Å²) in [5, 5.41) is 8.32. The van der Waals surface area contributed by atoms with Gasteiger partial charge in [0.25, 0.3) is 0 Å². The molecule has 7 heteroatoms. The number of ether oxygens (including phenoxy) is 1. The molecule has 1 aromatic heterocycles. The molecule has 0 spiro atoms. The highest BCUT2D eigenvalue weighted by atomic mass is 16.5. The first-order valence-corrected chi connectivity index (χ1v) is 8.78. The molecule has 0 N–H and O–H groups in total. The van der Waals surface area contributed by atoms with Gasteiger partial charge in [0, 0.05) is 13.1 Å². The average molecular weight is 353 g/mol. The summed E-state index contributed by atoms with van der Waals surface area (Å²) in [6.07, 6.45) is 2.13. The minimum atomic E-state index is -0.185. The van der Waals surface area contributed by atoms with E-state index in [1.807, 2.05) is 37.1 Å². The molecule has 0 radical (unpaired) electrons. The number of fused-ring (bicyclic) bond motifs is 1. The molecule has 0 bridgehead atoms. The molecule has 136 valence electrons. The Morgan fingerprint density at radius 2 is 2.12 bits per heavy atom. The van der Waals surface area contributed by atoms with E-state index in [1.165, 1.54) is 0 Å². The van der Waals surface area contributed by atoms with Gasteiger partial charge in [-0.25, -0.2) is 0 Å². The van der Waals surface area contributed by atoms with Crippen molar-refractivity contribution in [1.29, 1.82) is 0 Å². The molecule has 1 atom stereocenters. The molecule has 3 heterocycles. The fourth-order valence-electron chi connectivity index (χ4n) is 3.66. The number of hydrogen-bond donors (Lipinski definition) is 0. The van der Waals surface area contributed by atoms with Gasteiger partial charge in [0.2, 0.25) is 5.91 Å². The average Bonchev–Trinajstić information content (AvgIpc) is 3.28. The maximum Gasteiger partial charge on any atom is 0.242 e. The van der Waals surface area contributed by atoms with Crippen LogP contribution >= 0.6 is 0 Å². The molecule has 1 aromatic carbocycles. The molecule has 2 aromatic rings. The van der Waals surface area contributed by atoms with Gasteiger partial charge in [-0.15, -0.1) is 10.2 Å². The Morgan fingerprint density at radius 1 is 1.27 bits per heavy atom. The van der Waals surface area contributed by atoms with Crippen molar-refractivity contribution in [3.8, 4) is 5.75 Å². The zero-order valence-electron chi connectivity index (χ0n) is 15.3. The summed E-state index contributed by atoms with van der Waals surface area (Å²) < 4.78 is 7.36. The van der Waals surface area contributed by atoms with Crippen LogP contribution in [-0.2, 0) is 17.9 Å². The highest BCUT2D eigenvalue weighted by Gasteiger charge is 2.35. The van der Waals surface area contributed by atoms with Crippen LogP contribution in [0.3, 0.4) is 0 Å². The van der Waals surface area contributed by atoms with E-state index in [2.05, 4.69) is 31.8 Å². The monoisotopic (exact) mass is 353 g/mol. The molecule has 7 nitrogen and oxygen atoms in total. The third-order valence-corrected chi connectivity index (χ3v) is 5.25. The summed E-state index contributed by atoms with van der Waals surface area (Å²) in [5.74, 6) is 2.77. The van der Waals surface area contributed by atoms with Crippen molar-refractivity contribution in [2.45, 2.75) is 26.1 Å². The highest BCUT2D eigenvalue weighted by molar-refractivity contribution is 5.86. The van der Waals surface area contributed by atoms with E-state index in [0.717, 1.165) is 28.5 Å². The van der Waals surface area contributed by atoms with Crippen LogP contribution in [0.2, 0.25) is 0 Å². The molecule has 1 unspecified atom stereocenters. The number of benzene rings is 1. The second kappa shape index (κ2) is 6.57. The van der Waals surface area contributed by atoms with Crippen molar-refractivity contribution >= 4 is 11.5 Å². The number of aryl methyl sites for hydroxylation is 1. The Labute approximate surface area is 152 Å². The van der Waals surface area contributed by atoms with Gasteiger partial charge in [-0.1, -0.05) is 18.2 Å². The molecular formula is C19H23N5O2. The molecule has 26 heavy (non-hydrogen) atoms. The zero-order chi connectivity index (χ0) is 18.3. The van der Waals surface area contributed by atoms with Crippen molar-refractivity contribution in [3.63, 3.8) is 0 Å². The van der Waals surface area contributed by atoms with Gasteiger partial charge in [-0.05, 0) is 37.2 Å². The van der Waals surface area contributed by atoms with Crippen molar-refractivity contribution in [2.75, 3.05) is 27.2 Å². The lowest BCUT2D eigenvalue weighted by Gasteiger charge is -2.34. The van der Waals surface area contributed by atoms with E-state index < -0.39 is 0 Å². The fourth-order valence-corrected chi connectivity index (χ4v) is 3.66. The van der Waals surface area contributed by atoms with Gasteiger partial charge in [0.05, 0.1) is 20.2 Å². The molecule has 0 saturated heterocycles. The second-order valence-corrected chi connectivity index (χ2v) is 6.89. The molecule has 0 fully saturated rings. The largest absolute Gasteiger partial charge is 0.497 e. The fraction of sp³-hybridized carbons (Fsp3) is 0.421. The van der Waals surface area contributed by atoms with Crippen molar-refractivity contribution < 1.29 is 9.53 Å². The van der Waals surface area contributed by atoms with Crippen LogP contribution in [-0.4, -0.2) is 63.8 Å². The lowest BCUT2D eigenvalue weighted by atomic mass is 10.1. The summed E-state index contributed by atoms with van der Waals surface area (Å²) in [4.78, 5) is 17.1. The molecule has 2 aliphatic heterocycles. The quantitative estimate of drug-likeness (QED) is 0.833. The number of hydrogen-bond acceptors (Lipinski definition) is 5. The maximum absolute atomic E-state index is 13.1. The molecule has 2 aliphatic rings. The van der Waals surface area contributed by atoms with E-state index in [0.29, 0.717) is 26.2 Å². The number of carbonyl (C=O) groups is 1. The minimum Gasteiger partial charge on any atom is -0.497 e. The summed E-state index contributed by atoms with van der Waals surface area (Å²) >= 11 is 0. The van der Waals surface area contributed by atoms with Crippen LogP contribution in [0.25, 0.3) is 5.57 Å². The second-order valence-electron chi connectivity index (χ2n) is 6.89. The van der Waals surface area contributed by atoms with Gasteiger partial charge in [0.1, 0.15) is 23.4 Å². The Bertz CT molecular complexity index is 873. The maximum atomic E-state index is 13.1. The number of rotatable bonds is 3. The predicted octanol–water partition coefficient (Wildman–Crippen LogP) is 1.33. The first kappa shape index (κ1) is 16.8. The van der Waals surface area contributed by atoms with Gasteiger partial charge in [0.15, 0.2) is 0 Å². The Kier molecular flexibility index (Phi) is 4.24. The zero-order valence-corrected chi connectivity index (χ0v) is 15.3. The summed E-state index contributed by atoms with van der Waals surface area (Å²) in [6.45, 7) is 4.45. The normalized spacial score (nSPS) is 20.0. The van der Waals surface area contributed by atoms with Crippen LogP contribution in [0.15, 0.2) is 30.3 Å². The van der Waals surface area contributed by atoms with Crippen LogP contribution in [0.1, 0.15) is 17.2 Å². The van der Waals surface area contributed by atoms with Gasteiger partial charge >= 0.3 is 0 Å². The van der Waals surface area contributed by atoms with Crippen LogP contribution in [0.5, 0.6) is 5.75 Å². The van der Waals surface area contributed by atoms with Crippen molar-refractivity contribution in [3.05, 3.63) is 47.6 Å². The summed E-state index contributed by atoms with van der Waals surface area (Å²) in [5.41, 5.74) is 2.27. The molecule has 4 rings (SSSR count). The van der Waals surface area contributed by atoms with Crippen molar-refractivity contribution in [2.24, 2.45) is 0 Å².